The van der Waals surface area contributed by atoms with Crippen molar-refractivity contribution in [2.24, 2.45) is 16.7 Å². The number of rotatable bonds is 7. The topological polar surface area (TPSA) is 63.6 Å². The number of hydrogen-bond acceptors (Lipinski definition) is 4. The molecule has 1 N–H and O–H groups in total. The minimum atomic E-state index is -3.38. The zero-order chi connectivity index (χ0) is 18.1. The second-order valence-corrected chi connectivity index (χ2v) is 9.93. The van der Waals surface area contributed by atoms with Gasteiger partial charge in [0.25, 0.3) is 0 Å². The molecule has 0 aliphatic heterocycles. The fraction of sp³-hybridized carbons (Fsp3) is 0.600. The van der Waals surface area contributed by atoms with Gasteiger partial charge < -0.3 is 9.84 Å². The van der Waals surface area contributed by atoms with Crippen LogP contribution in [0.4, 0.5) is 0 Å². The van der Waals surface area contributed by atoms with E-state index in [0.29, 0.717) is 12.5 Å². The zero-order valence-corrected chi connectivity index (χ0v) is 15.8. The van der Waals surface area contributed by atoms with Crippen LogP contribution >= 0.6 is 0 Å². The van der Waals surface area contributed by atoms with Crippen molar-refractivity contribution in [3.8, 4) is 0 Å². The summed E-state index contributed by atoms with van der Waals surface area (Å²) < 4.78 is 30.7. The van der Waals surface area contributed by atoms with Gasteiger partial charge in [-0.05, 0) is 42.2 Å². The van der Waals surface area contributed by atoms with E-state index in [1.54, 1.807) is 6.08 Å². The lowest BCUT2D eigenvalue weighted by Gasteiger charge is -2.39. The summed E-state index contributed by atoms with van der Waals surface area (Å²) in [7, 11) is -3.38. The first-order valence-corrected chi connectivity index (χ1v) is 10.7. The predicted molar refractivity (Wildman–Crippen MR) is 98.6 cm³/mol. The quantitative estimate of drug-likeness (QED) is 0.754. The molecule has 0 saturated heterocycles. The number of ether oxygens (including phenoxy) is 1. The van der Waals surface area contributed by atoms with E-state index in [0.717, 1.165) is 24.8 Å². The predicted octanol–water partition coefficient (Wildman–Crippen LogP) is 3.32. The van der Waals surface area contributed by atoms with E-state index in [2.05, 4.69) is 13.8 Å². The molecule has 2 bridgehead atoms. The molecule has 2 aliphatic rings. The largest absolute Gasteiger partial charge is 0.392 e. The van der Waals surface area contributed by atoms with Gasteiger partial charge in [0, 0.05) is 10.8 Å². The molecule has 0 amide bonds. The van der Waals surface area contributed by atoms with Crippen LogP contribution in [0.15, 0.2) is 41.8 Å². The molecule has 1 aromatic carbocycles. The fourth-order valence-electron chi connectivity index (χ4n) is 4.79. The van der Waals surface area contributed by atoms with Crippen LogP contribution < -0.4 is 0 Å². The van der Waals surface area contributed by atoms with Gasteiger partial charge >= 0.3 is 0 Å². The molecule has 2 saturated carbocycles. The average molecular weight is 365 g/mol. The first-order chi connectivity index (χ1) is 11.8. The van der Waals surface area contributed by atoms with Crippen molar-refractivity contribution in [3.05, 3.63) is 47.4 Å². The Morgan fingerprint density at radius 2 is 2.00 bits per heavy atom. The summed E-state index contributed by atoms with van der Waals surface area (Å²) in [6, 6.07) is 9.78. The molecule has 25 heavy (non-hydrogen) atoms. The highest BCUT2D eigenvalue weighted by Crippen LogP contribution is 2.66. The highest BCUT2D eigenvalue weighted by atomic mass is 32.2. The number of fused-ring (bicyclic) bond motifs is 2. The summed E-state index contributed by atoms with van der Waals surface area (Å²) in [6.45, 7) is 4.95. The van der Waals surface area contributed by atoms with Crippen LogP contribution in [-0.4, -0.2) is 32.0 Å². The minimum Gasteiger partial charge on any atom is -0.392 e. The summed E-state index contributed by atoms with van der Waals surface area (Å²) >= 11 is 0. The molecule has 0 aromatic heterocycles. The van der Waals surface area contributed by atoms with Crippen LogP contribution in [0.5, 0.6) is 0 Å². The molecule has 4 nitrogen and oxygen atoms in total. The lowest BCUT2D eigenvalue weighted by Crippen LogP contribution is -2.44. The van der Waals surface area contributed by atoms with Crippen molar-refractivity contribution < 1.29 is 18.3 Å². The van der Waals surface area contributed by atoms with Crippen LogP contribution in [0.2, 0.25) is 0 Å². The van der Waals surface area contributed by atoms with E-state index in [1.807, 2.05) is 30.3 Å². The molecule has 138 valence electrons. The van der Waals surface area contributed by atoms with Crippen molar-refractivity contribution >= 4 is 9.84 Å². The zero-order valence-electron chi connectivity index (χ0n) is 15.0. The van der Waals surface area contributed by atoms with E-state index in [1.165, 1.54) is 5.41 Å². The molecule has 5 heteroatoms. The maximum absolute atomic E-state index is 12.6. The second-order valence-electron chi connectivity index (χ2n) is 8.04. The van der Waals surface area contributed by atoms with Gasteiger partial charge in [-0.1, -0.05) is 44.2 Å². The number of hydrogen-bond donors (Lipinski definition) is 1. The van der Waals surface area contributed by atoms with Crippen LogP contribution in [-0.2, 0) is 21.2 Å². The van der Waals surface area contributed by atoms with E-state index in [-0.39, 0.29) is 17.8 Å². The molecule has 0 spiro atoms. The monoisotopic (exact) mass is 364 g/mol. The van der Waals surface area contributed by atoms with Gasteiger partial charge in [0.1, 0.15) is 0 Å². The number of sulfone groups is 1. The maximum Gasteiger partial charge on any atom is 0.172 e. The number of benzene rings is 1. The standard InChI is InChI=1S/C20H28O4S/c1-19(2)17-9-10-20(19,18(21)13-17)15-25(22,23)12-6-11-24-14-16-7-4-3-5-8-16/h3-8,12,17-18,21H,9-11,13-15H2,1-2H3/b12-6+/t17-,18-,20-/m1/s1. The van der Waals surface area contributed by atoms with Crippen LogP contribution in [0.3, 0.4) is 0 Å². The average Bonchev–Trinajstić information content (AvgIpc) is 2.89. The molecular weight excluding hydrogens is 336 g/mol. The van der Waals surface area contributed by atoms with Crippen molar-refractivity contribution in [2.45, 2.75) is 45.8 Å². The fourth-order valence-corrected chi connectivity index (χ4v) is 6.69. The summed E-state index contributed by atoms with van der Waals surface area (Å²) in [5.74, 6) is 0.454. The molecule has 3 atom stereocenters. The Morgan fingerprint density at radius 3 is 2.60 bits per heavy atom. The minimum absolute atomic E-state index is 0.0276. The maximum atomic E-state index is 12.6. The van der Waals surface area contributed by atoms with Gasteiger partial charge in [-0.2, -0.15) is 0 Å². The molecule has 0 unspecified atom stereocenters. The van der Waals surface area contributed by atoms with Crippen molar-refractivity contribution in [2.75, 3.05) is 12.4 Å². The first-order valence-electron chi connectivity index (χ1n) is 8.96. The third-order valence-electron chi connectivity index (χ3n) is 6.48. The summed E-state index contributed by atoms with van der Waals surface area (Å²) in [5, 5.41) is 11.8. The smallest absolute Gasteiger partial charge is 0.172 e. The van der Waals surface area contributed by atoms with Crippen LogP contribution in [0.1, 0.15) is 38.7 Å². The van der Waals surface area contributed by atoms with E-state index in [9.17, 15) is 13.5 Å². The Kier molecular flexibility index (Phi) is 5.11. The Hall–Kier alpha value is -1.17. The first kappa shape index (κ1) is 18.6. The van der Waals surface area contributed by atoms with E-state index < -0.39 is 21.4 Å². The Morgan fingerprint density at radius 1 is 1.28 bits per heavy atom. The lowest BCUT2D eigenvalue weighted by atomic mass is 9.70. The Balaban J connectivity index is 1.57. The van der Waals surface area contributed by atoms with E-state index in [4.69, 9.17) is 4.74 Å². The van der Waals surface area contributed by atoms with Crippen molar-refractivity contribution in [3.63, 3.8) is 0 Å². The van der Waals surface area contributed by atoms with Gasteiger partial charge in [0.2, 0.25) is 0 Å². The number of aliphatic hydroxyl groups is 1. The normalized spacial score (nSPS) is 31.0. The van der Waals surface area contributed by atoms with Gasteiger partial charge in [-0.3, -0.25) is 0 Å². The second kappa shape index (κ2) is 6.86. The molecule has 1 aromatic rings. The van der Waals surface area contributed by atoms with Crippen LogP contribution in [0.25, 0.3) is 0 Å². The van der Waals surface area contributed by atoms with Crippen molar-refractivity contribution in [1.82, 2.24) is 0 Å². The Bertz CT molecular complexity index is 723. The molecule has 2 aliphatic carbocycles. The third kappa shape index (κ3) is 3.55. The van der Waals surface area contributed by atoms with Gasteiger partial charge in [-0.25, -0.2) is 8.42 Å². The highest BCUT2D eigenvalue weighted by molar-refractivity contribution is 7.94. The van der Waals surface area contributed by atoms with Crippen molar-refractivity contribution in [1.29, 1.82) is 0 Å². The van der Waals surface area contributed by atoms with Gasteiger partial charge in [0.15, 0.2) is 9.84 Å². The summed E-state index contributed by atoms with van der Waals surface area (Å²) in [4.78, 5) is 0. The highest BCUT2D eigenvalue weighted by Gasteiger charge is 2.64. The molecule has 0 radical (unpaired) electrons. The Labute approximate surface area is 150 Å². The molecule has 2 fully saturated rings. The SMILES string of the molecule is CC1(C)[C@@H]2CC[C@@]1(CS(=O)(=O)/C=C/COCc1ccccc1)[C@H](O)C2. The third-order valence-corrected chi connectivity index (χ3v) is 8.00. The molecule has 3 rings (SSSR count). The van der Waals surface area contributed by atoms with Gasteiger partial charge in [-0.15, -0.1) is 0 Å². The summed E-state index contributed by atoms with van der Waals surface area (Å²) in [6.07, 6.45) is 3.59. The van der Waals surface area contributed by atoms with E-state index >= 15 is 0 Å². The molecular formula is C20H28O4S. The summed E-state index contributed by atoms with van der Waals surface area (Å²) in [5.41, 5.74) is 0.425. The number of aliphatic hydroxyl groups excluding tert-OH is 1. The van der Waals surface area contributed by atoms with Gasteiger partial charge in [0.05, 0.1) is 25.1 Å². The lowest BCUT2D eigenvalue weighted by molar-refractivity contribution is 0.0155. The van der Waals surface area contributed by atoms with Crippen LogP contribution in [0, 0.1) is 16.7 Å². The molecule has 0 heterocycles.